The first-order valence-corrected chi connectivity index (χ1v) is 7.90. The maximum absolute atomic E-state index is 9.89. The van der Waals surface area contributed by atoms with Crippen molar-refractivity contribution in [3.05, 3.63) is 68.7 Å². The number of hydrogen-bond donors (Lipinski definition) is 2. The Bertz CT molecular complexity index is 607. The molecule has 0 aliphatic carbocycles. The van der Waals surface area contributed by atoms with Gasteiger partial charge in [-0.2, -0.15) is 0 Å². The lowest BCUT2D eigenvalue weighted by Crippen LogP contribution is -2.37. The molecule has 0 aliphatic rings. The molecule has 2 rings (SSSR count). The number of aliphatic hydroxyl groups is 2. The number of hydrogen-bond acceptors (Lipinski definition) is 2. The topological polar surface area (TPSA) is 40.5 Å². The van der Waals surface area contributed by atoms with E-state index in [2.05, 4.69) is 15.9 Å². The zero-order chi connectivity index (χ0) is 15.5. The molecule has 0 atom stereocenters. The minimum Gasteiger partial charge on any atom is -0.395 e. The molecule has 0 heterocycles. The van der Waals surface area contributed by atoms with Crippen LogP contribution in [-0.2, 0) is 11.8 Å². The summed E-state index contributed by atoms with van der Waals surface area (Å²) in [6, 6.07) is 13.5. The van der Waals surface area contributed by atoms with Gasteiger partial charge in [0, 0.05) is 14.9 Å². The van der Waals surface area contributed by atoms with E-state index in [0.29, 0.717) is 11.4 Å². The Balaban J connectivity index is 2.40. The fourth-order valence-corrected chi connectivity index (χ4v) is 2.98. The summed E-state index contributed by atoms with van der Waals surface area (Å²) in [5, 5.41) is 20.4. The van der Waals surface area contributed by atoms with Crippen molar-refractivity contribution >= 4 is 27.5 Å². The van der Waals surface area contributed by atoms with Crippen LogP contribution in [0.3, 0.4) is 0 Å². The van der Waals surface area contributed by atoms with Crippen LogP contribution in [0.5, 0.6) is 0 Å². The average Bonchev–Trinajstić information content (AvgIpc) is 2.48. The fourth-order valence-electron chi connectivity index (χ4n) is 2.41. The Morgan fingerprint density at radius 1 is 1.05 bits per heavy atom. The van der Waals surface area contributed by atoms with E-state index in [1.54, 1.807) is 0 Å². The lowest BCUT2D eigenvalue weighted by molar-refractivity contribution is 0.116. The standard InChI is InChI=1S/C17H18BrClO2/c1-12-2-3-13(16(19)8-12)9-17(10-20,11-21)14-4-6-15(18)7-5-14/h2-8,20-21H,9-11H2,1H3. The summed E-state index contributed by atoms with van der Waals surface area (Å²) < 4.78 is 0.962. The normalized spacial score (nSPS) is 11.7. The zero-order valence-electron chi connectivity index (χ0n) is 11.8. The van der Waals surface area contributed by atoms with Gasteiger partial charge in [0.2, 0.25) is 0 Å². The second-order valence-corrected chi connectivity index (χ2v) is 6.70. The molecule has 0 saturated heterocycles. The minimum atomic E-state index is -0.737. The van der Waals surface area contributed by atoms with Gasteiger partial charge in [0.25, 0.3) is 0 Å². The largest absolute Gasteiger partial charge is 0.395 e. The van der Waals surface area contributed by atoms with E-state index in [-0.39, 0.29) is 13.2 Å². The van der Waals surface area contributed by atoms with Gasteiger partial charge in [0.05, 0.1) is 13.2 Å². The van der Waals surface area contributed by atoms with Crippen LogP contribution in [0.1, 0.15) is 16.7 Å². The second-order valence-electron chi connectivity index (χ2n) is 5.38. The smallest absolute Gasteiger partial charge is 0.0553 e. The monoisotopic (exact) mass is 368 g/mol. The summed E-state index contributed by atoms with van der Waals surface area (Å²) in [6.07, 6.45) is 0.487. The third-order valence-corrected chi connectivity index (χ3v) is 4.68. The van der Waals surface area contributed by atoms with Crippen molar-refractivity contribution in [2.24, 2.45) is 0 Å². The molecule has 2 nitrogen and oxygen atoms in total. The van der Waals surface area contributed by atoms with Crippen LogP contribution in [0.2, 0.25) is 5.02 Å². The fraction of sp³-hybridized carbons (Fsp3) is 0.294. The Morgan fingerprint density at radius 2 is 1.67 bits per heavy atom. The molecule has 0 amide bonds. The highest BCUT2D eigenvalue weighted by atomic mass is 79.9. The van der Waals surface area contributed by atoms with Gasteiger partial charge in [0.15, 0.2) is 0 Å². The van der Waals surface area contributed by atoms with Crippen molar-refractivity contribution in [3.63, 3.8) is 0 Å². The van der Waals surface area contributed by atoms with E-state index in [1.807, 2.05) is 49.4 Å². The predicted molar refractivity (Wildman–Crippen MR) is 89.9 cm³/mol. The molecule has 0 spiro atoms. The van der Waals surface area contributed by atoms with Crippen molar-refractivity contribution in [1.29, 1.82) is 0 Å². The summed E-state index contributed by atoms with van der Waals surface area (Å²) in [7, 11) is 0. The highest BCUT2D eigenvalue weighted by molar-refractivity contribution is 9.10. The van der Waals surface area contributed by atoms with Crippen LogP contribution in [0.15, 0.2) is 46.9 Å². The molecule has 2 N–H and O–H groups in total. The van der Waals surface area contributed by atoms with Crippen LogP contribution in [0.4, 0.5) is 0 Å². The van der Waals surface area contributed by atoms with Gasteiger partial charge < -0.3 is 10.2 Å². The quantitative estimate of drug-likeness (QED) is 0.840. The lowest BCUT2D eigenvalue weighted by atomic mass is 9.77. The molecule has 0 unspecified atom stereocenters. The highest BCUT2D eigenvalue weighted by Crippen LogP contribution is 2.32. The van der Waals surface area contributed by atoms with Gasteiger partial charge in [-0.3, -0.25) is 0 Å². The van der Waals surface area contributed by atoms with Crippen LogP contribution < -0.4 is 0 Å². The Kier molecular flexibility index (Phi) is 5.44. The molecule has 0 fully saturated rings. The summed E-state index contributed by atoms with van der Waals surface area (Å²) in [5.74, 6) is 0. The van der Waals surface area contributed by atoms with Gasteiger partial charge in [-0.15, -0.1) is 0 Å². The van der Waals surface area contributed by atoms with E-state index in [9.17, 15) is 10.2 Å². The summed E-state index contributed by atoms with van der Waals surface area (Å²) in [6.45, 7) is 1.69. The number of benzene rings is 2. The third kappa shape index (κ3) is 3.67. The maximum Gasteiger partial charge on any atom is 0.0553 e. The molecule has 2 aromatic carbocycles. The molecule has 4 heteroatoms. The van der Waals surface area contributed by atoms with E-state index >= 15 is 0 Å². The van der Waals surface area contributed by atoms with Gasteiger partial charge in [-0.1, -0.05) is 51.8 Å². The van der Waals surface area contributed by atoms with E-state index in [4.69, 9.17) is 11.6 Å². The maximum atomic E-state index is 9.89. The first kappa shape index (κ1) is 16.5. The average molecular weight is 370 g/mol. The van der Waals surface area contributed by atoms with Crippen molar-refractivity contribution in [2.45, 2.75) is 18.8 Å². The molecular weight excluding hydrogens is 352 g/mol. The zero-order valence-corrected chi connectivity index (χ0v) is 14.2. The molecule has 0 radical (unpaired) electrons. The number of aliphatic hydroxyl groups excluding tert-OH is 2. The summed E-state index contributed by atoms with van der Waals surface area (Å²) in [4.78, 5) is 0. The Morgan fingerprint density at radius 3 is 2.19 bits per heavy atom. The van der Waals surface area contributed by atoms with Gasteiger partial charge in [-0.25, -0.2) is 0 Å². The van der Waals surface area contributed by atoms with Gasteiger partial charge in [-0.05, 0) is 48.2 Å². The highest BCUT2D eigenvalue weighted by Gasteiger charge is 2.32. The molecule has 0 bridgehead atoms. The molecule has 21 heavy (non-hydrogen) atoms. The Labute approximate surface area is 138 Å². The van der Waals surface area contributed by atoms with Crippen molar-refractivity contribution in [1.82, 2.24) is 0 Å². The lowest BCUT2D eigenvalue weighted by Gasteiger charge is -2.31. The predicted octanol–water partition coefficient (Wildman–Crippen LogP) is 3.88. The first-order chi connectivity index (χ1) is 10.0. The van der Waals surface area contributed by atoms with E-state index in [1.165, 1.54) is 0 Å². The summed E-state index contributed by atoms with van der Waals surface area (Å²) >= 11 is 9.69. The first-order valence-electron chi connectivity index (χ1n) is 6.73. The van der Waals surface area contributed by atoms with Crippen molar-refractivity contribution in [3.8, 4) is 0 Å². The molecule has 2 aromatic rings. The molecule has 0 aromatic heterocycles. The van der Waals surface area contributed by atoms with Crippen LogP contribution >= 0.6 is 27.5 Å². The van der Waals surface area contributed by atoms with Crippen LogP contribution in [0, 0.1) is 6.92 Å². The Hall–Kier alpha value is -0.870. The van der Waals surface area contributed by atoms with E-state index in [0.717, 1.165) is 21.2 Å². The van der Waals surface area contributed by atoms with E-state index < -0.39 is 5.41 Å². The number of halogens is 2. The molecule has 0 saturated carbocycles. The molecule has 0 aliphatic heterocycles. The molecule has 112 valence electrons. The number of aryl methyl sites for hydroxylation is 1. The van der Waals surface area contributed by atoms with Crippen molar-refractivity contribution < 1.29 is 10.2 Å². The van der Waals surface area contributed by atoms with Crippen molar-refractivity contribution in [2.75, 3.05) is 13.2 Å². The number of rotatable bonds is 5. The van der Waals surface area contributed by atoms with Gasteiger partial charge >= 0.3 is 0 Å². The SMILES string of the molecule is Cc1ccc(CC(CO)(CO)c2ccc(Br)cc2)c(Cl)c1. The minimum absolute atomic E-state index is 0.144. The van der Waals surface area contributed by atoms with Crippen LogP contribution in [0.25, 0.3) is 0 Å². The molecular formula is C17H18BrClO2. The van der Waals surface area contributed by atoms with Crippen LogP contribution in [-0.4, -0.2) is 23.4 Å². The third-order valence-electron chi connectivity index (χ3n) is 3.80. The second kappa shape index (κ2) is 6.93. The summed E-state index contributed by atoms with van der Waals surface area (Å²) in [5.41, 5.74) is 2.17. The van der Waals surface area contributed by atoms with Gasteiger partial charge in [0.1, 0.15) is 0 Å².